The fourth-order valence-corrected chi connectivity index (χ4v) is 2.46. The average molecular weight is 281 g/mol. The van der Waals surface area contributed by atoms with Crippen molar-refractivity contribution in [2.24, 2.45) is 0 Å². The molecule has 0 unspecified atom stereocenters. The number of rotatable bonds is 3. The summed E-state index contributed by atoms with van der Waals surface area (Å²) in [7, 11) is 0. The molecule has 0 saturated heterocycles. The molecule has 104 valence electrons. The minimum Gasteiger partial charge on any atom is -0.258 e. The predicted molar refractivity (Wildman–Crippen MR) is 79.8 cm³/mol. The second kappa shape index (κ2) is 5.32. The van der Waals surface area contributed by atoms with Crippen molar-refractivity contribution >= 4 is 16.5 Å². The van der Waals surface area contributed by atoms with Crippen LogP contribution in [-0.4, -0.2) is 4.92 Å². The molecule has 0 N–H and O–H groups in total. The molecule has 0 bridgehead atoms. The molecular formula is C17H12FNO2. The molecule has 0 aliphatic heterocycles. The van der Waals surface area contributed by atoms with Crippen molar-refractivity contribution in [1.82, 2.24) is 0 Å². The van der Waals surface area contributed by atoms with E-state index in [2.05, 4.69) is 0 Å². The monoisotopic (exact) mass is 281 g/mol. The number of nitro benzene ring substituents is 1. The summed E-state index contributed by atoms with van der Waals surface area (Å²) in [6, 6.07) is 17.9. The largest absolute Gasteiger partial charge is 0.305 e. The van der Waals surface area contributed by atoms with Gasteiger partial charge in [-0.3, -0.25) is 10.1 Å². The van der Waals surface area contributed by atoms with Gasteiger partial charge in [0.25, 0.3) is 0 Å². The molecule has 0 aromatic heterocycles. The Bertz CT molecular complexity index is 816. The fourth-order valence-electron chi connectivity index (χ4n) is 2.46. The standard InChI is InChI=1S/C17H12FNO2/c18-16-10-14-8-4-7-13(9-12-5-2-1-3-6-12)15(14)11-17(16)19(20)21/h1-8,10-11H,9H2. The molecule has 0 atom stereocenters. The minimum atomic E-state index is -0.802. The van der Waals surface area contributed by atoms with Gasteiger partial charge >= 0.3 is 5.69 Å². The van der Waals surface area contributed by atoms with E-state index < -0.39 is 16.4 Å². The molecule has 3 aromatic rings. The Labute approximate surface area is 120 Å². The van der Waals surface area contributed by atoms with E-state index in [1.807, 2.05) is 42.5 Å². The molecule has 21 heavy (non-hydrogen) atoms. The lowest BCUT2D eigenvalue weighted by atomic mass is 9.98. The molecule has 0 saturated carbocycles. The van der Waals surface area contributed by atoms with Gasteiger partial charge in [0.15, 0.2) is 0 Å². The quantitative estimate of drug-likeness (QED) is 0.525. The third kappa shape index (κ3) is 2.60. The number of hydrogen-bond donors (Lipinski definition) is 0. The van der Waals surface area contributed by atoms with Crippen molar-refractivity contribution in [2.45, 2.75) is 6.42 Å². The fraction of sp³-hybridized carbons (Fsp3) is 0.0588. The second-order valence-corrected chi connectivity index (χ2v) is 4.86. The van der Waals surface area contributed by atoms with Gasteiger partial charge < -0.3 is 0 Å². The zero-order chi connectivity index (χ0) is 14.8. The molecule has 0 spiro atoms. The van der Waals surface area contributed by atoms with E-state index in [0.29, 0.717) is 11.8 Å². The number of hydrogen-bond acceptors (Lipinski definition) is 2. The summed E-state index contributed by atoms with van der Waals surface area (Å²) in [6.45, 7) is 0. The Kier molecular flexibility index (Phi) is 3.36. The molecule has 0 aliphatic rings. The van der Waals surface area contributed by atoms with E-state index in [-0.39, 0.29) is 0 Å². The Morgan fingerprint density at radius 1 is 1.00 bits per heavy atom. The van der Waals surface area contributed by atoms with Crippen molar-refractivity contribution in [2.75, 3.05) is 0 Å². The maximum Gasteiger partial charge on any atom is 0.305 e. The minimum absolute atomic E-state index is 0.483. The van der Waals surface area contributed by atoms with Crippen LogP contribution in [-0.2, 0) is 6.42 Å². The first-order chi connectivity index (χ1) is 10.1. The topological polar surface area (TPSA) is 43.1 Å². The Balaban J connectivity index is 2.14. The van der Waals surface area contributed by atoms with Gasteiger partial charge in [0.2, 0.25) is 5.82 Å². The van der Waals surface area contributed by atoms with Crippen molar-refractivity contribution in [3.8, 4) is 0 Å². The molecule has 3 aromatic carbocycles. The van der Waals surface area contributed by atoms with Crippen LogP contribution in [0.4, 0.5) is 10.1 Å². The first kappa shape index (κ1) is 13.2. The predicted octanol–water partition coefficient (Wildman–Crippen LogP) is 4.48. The highest BCUT2D eigenvalue weighted by atomic mass is 19.1. The second-order valence-electron chi connectivity index (χ2n) is 4.86. The van der Waals surface area contributed by atoms with Crippen molar-refractivity contribution in [1.29, 1.82) is 0 Å². The Morgan fingerprint density at radius 2 is 1.76 bits per heavy atom. The van der Waals surface area contributed by atoms with Crippen LogP contribution in [0.1, 0.15) is 11.1 Å². The lowest BCUT2D eigenvalue weighted by Crippen LogP contribution is -1.95. The summed E-state index contributed by atoms with van der Waals surface area (Å²) < 4.78 is 13.7. The molecule has 0 amide bonds. The number of halogens is 1. The van der Waals surface area contributed by atoms with Gasteiger partial charge in [0.05, 0.1) is 4.92 Å². The van der Waals surface area contributed by atoms with Crippen molar-refractivity contribution in [3.63, 3.8) is 0 Å². The van der Waals surface area contributed by atoms with Crippen LogP contribution >= 0.6 is 0 Å². The zero-order valence-corrected chi connectivity index (χ0v) is 11.1. The van der Waals surface area contributed by atoms with E-state index in [0.717, 1.165) is 16.5 Å². The van der Waals surface area contributed by atoms with Gasteiger partial charge in [-0.05, 0) is 34.4 Å². The summed E-state index contributed by atoms with van der Waals surface area (Å²) in [5.41, 5.74) is 1.57. The van der Waals surface area contributed by atoms with E-state index in [1.165, 1.54) is 12.1 Å². The van der Waals surface area contributed by atoms with E-state index in [1.54, 1.807) is 6.07 Å². The van der Waals surface area contributed by atoms with Crippen molar-refractivity contribution < 1.29 is 9.31 Å². The molecule has 0 heterocycles. The third-order valence-corrected chi connectivity index (χ3v) is 3.47. The van der Waals surface area contributed by atoms with Crippen LogP contribution in [0.2, 0.25) is 0 Å². The molecule has 3 nitrogen and oxygen atoms in total. The smallest absolute Gasteiger partial charge is 0.258 e. The summed E-state index contributed by atoms with van der Waals surface area (Å²) in [5.74, 6) is -0.802. The third-order valence-electron chi connectivity index (χ3n) is 3.47. The van der Waals surface area contributed by atoms with Crippen LogP contribution in [0, 0.1) is 15.9 Å². The van der Waals surface area contributed by atoms with Gasteiger partial charge in [-0.25, -0.2) is 0 Å². The van der Waals surface area contributed by atoms with Gasteiger partial charge in [0.1, 0.15) is 0 Å². The summed E-state index contributed by atoms with van der Waals surface area (Å²) in [5, 5.41) is 12.3. The van der Waals surface area contributed by atoms with E-state index in [9.17, 15) is 14.5 Å². The number of nitro groups is 1. The molecule has 0 radical (unpaired) electrons. The normalized spacial score (nSPS) is 10.7. The Hall–Kier alpha value is -2.75. The first-order valence-electron chi connectivity index (χ1n) is 6.54. The highest BCUT2D eigenvalue weighted by molar-refractivity contribution is 5.88. The van der Waals surface area contributed by atoms with Gasteiger partial charge in [-0.1, -0.05) is 48.5 Å². The lowest BCUT2D eigenvalue weighted by molar-refractivity contribution is -0.387. The molecular weight excluding hydrogens is 269 g/mol. The molecule has 4 heteroatoms. The SMILES string of the molecule is O=[N+]([O-])c1cc2c(Cc3ccccc3)cccc2cc1F. The number of fused-ring (bicyclic) bond motifs is 1. The van der Waals surface area contributed by atoms with Crippen molar-refractivity contribution in [3.05, 3.63) is 87.7 Å². The van der Waals surface area contributed by atoms with E-state index in [4.69, 9.17) is 0 Å². The average Bonchev–Trinajstić information content (AvgIpc) is 2.47. The summed E-state index contributed by atoms with van der Waals surface area (Å²) in [4.78, 5) is 10.2. The number of nitrogens with zero attached hydrogens (tertiary/aromatic N) is 1. The zero-order valence-electron chi connectivity index (χ0n) is 11.1. The van der Waals surface area contributed by atoms with E-state index >= 15 is 0 Å². The lowest BCUT2D eigenvalue weighted by Gasteiger charge is -2.07. The van der Waals surface area contributed by atoms with Gasteiger partial charge in [-0.15, -0.1) is 0 Å². The van der Waals surface area contributed by atoms with Gasteiger partial charge in [-0.2, -0.15) is 4.39 Å². The van der Waals surface area contributed by atoms with Crippen LogP contribution in [0.15, 0.2) is 60.7 Å². The summed E-state index contributed by atoms with van der Waals surface area (Å²) in [6.07, 6.45) is 0.654. The summed E-state index contributed by atoms with van der Waals surface area (Å²) >= 11 is 0. The Morgan fingerprint density at radius 3 is 2.48 bits per heavy atom. The van der Waals surface area contributed by atoms with Crippen LogP contribution in [0.25, 0.3) is 10.8 Å². The maximum atomic E-state index is 13.7. The molecule has 0 aliphatic carbocycles. The first-order valence-corrected chi connectivity index (χ1v) is 6.54. The maximum absolute atomic E-state index is 13.7. The van der Waals surface area contributed by atoms with Gasteiger partial charge in [0, 0.05) is 6.07 Å². The molecule has 0 fully saturated rings. The van der Waals surface area contributed by atoms with Crippen LogP contribution in [0.3, 0.4) is 0 Å². The highest BCUT2D eigenvalue weighted by Crippen LogP contribution is 2.28. The van der Waals surface area contributed by atoms with Crippen LogP contribution in [0.5, 0.6) is 0 Å². The number of benzene rings is 3. The molecule has 3 rings (SSSR count). The highest BCUT2D eigenvalue weighted by Gasteiger charge is 2.16. The van der Waals surface area contributed by atoms with Crippen LogP contribution < -0.4 is 0 Å².